The molecule has 1 amide bonds. The Morgan fingerprint density at radius 1 is 1.42 bits per heavy atom. The Labute approximate surface area is 114 Å². The summed E-state index contributed by atoms with van der Waals surface area (Å²) in [6.07, 6.45) is 1.62. The summed E-state index contributed by atoms with van der Waals surface area (Å²) < 4.78 is 5.09. The molecule has 1 unspecified atom stereocenters. The summed E-state index contributed by atoms with van der Waals surface area (Å²) in [6, 6.07) is 7.63. The van der Waals surface area contributed by atoms with Gasteiger partial charge in [0.25, 0.3) is 0 Å². The minimum atomic E-state index is 0.0970. The Bertz CT molecular complexity index is 417. The summed E-state index contributed by atoms with van der Waals surface area (Å²) >= 11 is 0. The number of amides is 1. The molecule has 0 spiro atoms. The van der Waals surface area contributed by atoms with Crippen LogP contribution in [0.1, 0.15) is 12.0 Å². The quantitative estimate of drug-likeness (QED) is 0.870. The number of hydrogen-bond acceptors (Lipinski definition) is 3. The highest BCUT2D eigenvalue weighted by Crippen LogP contribution is 2.13. The zero-order valence-corrected chi connectivity index (χ0v) is 11.7. The molecule has 0 aromatic heterocycles. The third kappa shape index (κ3) is 4.24. The van der Waals surface area contributed by atoms with Gasteiger partial charge in [-0.05, 0) is 43.6 Å². The molecule has 0 saturated carbocycles. The number of nitrogens with zero attached hydrogens (tertiary/aromatic N) is 1. The lowest BCUT2D eigenvalue weighted by molar-refractivity contribution is -0.120. The van der Waals surface area contributed by atoms with Gasteiger partial charge in [0.15, 0.2) is 0 Å². The van der Waals surface area contributed by atoms with Crippen LogP contribution < -0.4 is 10.1 Å². The first-order valence-electron chi connectivity index (χ1n) is 6.75. The smallest absolute Gasteiger partial charge is 0.224 e. The molecule has 4 nitrogen and oxygen atoms in total. The zero-order valence-electron chi connectivity index (χ0n) is 11.7. The van der Waals surface area contributed by atoms with E-state index < -0.39 is 0 Å². The SMILES string of the molecule is COc1ccc(CC(=O)NCC2CCN(C)C2)cc1. The molecule has 1 aromatic rings. The average Bonchev–Trinajstić information content (AvgIpc) is 2.83. The second kappa shape index (κ2) is 6.57. The van der Waals surface area contributed by atoms with Crippen molar-refractivity contribution in [3.05, 3.63) is 29.8 Å². The fraction of sp³-hybridized carbons (Fsp3) is 0.533. The lowest BCUT2D eigenvalue weighted by Crippen LogP contribution is -2.31. The van der Waals surface area contributed by atoms with Gasteiger partial charge in [-0.15, -0.1) is 0 Å². The average molecular weight is 262 g/mol. The van der Waals surface area contributed by atoms with Crippen molar-refractivity contribution < 1.29 is 9.53 Å². The predicted molar refractivity (Wildman–Crippen MR) is 75.3 cm³/mol. The summed E-state index contributed by atoms with van der Waals surface area (Å²) in [7, 11) is 3.76. The first kappa shape index (κ1) is 13.9. The van der Waals surface area contributed by atoms with Crippen LogP contribution in [0.4, 0.5) is 0 Å². The third-order valence-electron chi connectivity index (χ3n) is 3.60. The minimum absolute atomic E-state index is 0.0970. The van der Waals surface area contributed by atoms with Crippen molar-refractivity contribution in [3.63, 3.8) is 0 Å². The van der Waals surface area contributed by atoms with Crippen LogP contribution in [0.3, 0.4) is 0 Å². The molecule has 1 atom stereocenters. The Morgan fingerprint density at radius 2 is 2.16 bits per heavy atom. The van der Waals surface area contributed by atoms with E-state index in [-0.39, 0.29) is 5.91 Å². The molecule has 4 heteroatoms. The maximum Gasteiger partial charge on any atom is 0.224 e. The molecular formula is C15H22N2O2. The Hall–Kier alpha value is -1.55. The van der Waals surface area contributed by atoms with Crippen molar-refractivity contribution in [3.8, 4) is 5.75 Å². The molecule has 2 rings (SSSR count). The van der Waals surface area contributed by atoms with Gasteiger partial charge >= 0.3 is 0 Å². The van der Waals surface area contributed by atoms with Crippen molar-refractivity contribution in [2.24, 2.45) is 5.92 Å². The number of nitrogens with one attached hydrogen (secondary N) is 1. The number of ether oxygens (including phenoxy) is 1. The van der Waals surface area contributed by atoms with Crippen LogP contribution in [-0.2, 0) is 11.2 Å². The van der Waals surface area contributed by atoms with Crippen LogP contribution in [-0.4, -0.2) is 44.6 Å². The van der Waals surface area contributed by atoms with Gasteiger partial charge in [-0.1, -0.05) is 12.1 Å². The number of methoxy groups -OCH3 is 1. The number of benzene rings is 1. The summed E-state index contributed by atoms with van der Waals surface area (Å²) in [5, 5.41) is 3.03. The minimum Gasteiger partial charge on any atom is -0.497 e. The van der Waals surface area contributed by atoms with E-state index in [9.17, 15) is 4.79 Å². The van der Waals surface area contributed by atoms with Gasteiger partial charge < -0.3 is 15.0 Å². The molecule has 0 bridgehead atoms. The fourth-order valence-electron chi connectivity index (χ4n) is 2.44. The lowest BCUT2D eigenvalue weighted by atomic mass is 10.1. The van der Waals surface area contributed by atoms with E-state index in [1.54, 1.807) is 7.11 Å². The molecular weight excluding hydrogens is 240 g/mol. The van der Waals surface area contributed by atoms with Gasteiger partial charge in [0, 0.05) is 13.1 Å². The third-order valence-corrected chi connectivity index (χ3v) is 3.60. The maximum absolute atomic E-state index is 11.8. The molecule has 1 aromatic carbocycles. The van der Waals surface area contributed by atoms with Crippen LogP contribution in [0, 0.1) is 5.92 Å². The maximum atomic E-state index is 11.8. The van der Waals surface area contributed by atoms with Gasteiger partial charge in [-0.25, -0.2) is 0 Å². The monoisotopic (exact) mass is 262 g/mol. The Balaban J connectivity index is 1.74. The van der Waals surface area contributed by atoms with E-state index in [4.69, 9.17) is 4.74 Å². The van der Waals surface area contributed by atoms with Gasteiger partial charge in [-0.2, -0.15) is 0 Å². The van der Waals surface area contributed by atoms with Crippen LogP contribution in [0.5, 0.6) is 5.75 Å². The Kier molecular flexibility index (Phi) is 4.80. The van der Waals surface area contributed by atoms with Crippen molar-refractivity contribution in [2.75, 3.05) is 33.8 Å². The molecule has 0 aliphatic carbocycles. The largest absolute Gasteiger partial charge is 0.497 e. The summed E-state index contributed by atoms with van der Waals surface area (Å²) in [4.78, 5) is 14.2. The number of carbonyl (C=O) groups is 1. The number of likely N-dealkylation sites (tertiary alicyclic amines) is 1. The van der Waals surface area contributed by atoms with E-state index in [1.807, 2.05) is 24.3 Å². The van der Waals surface area contributed by atoms with Crippen molar-refractivity contribution in [1.82, 2.24) is 10.2 Å². The topological polar surface area (TPSA) is 41.6 Å². The first-order chi connectivity index (χ1) is 9.17. The van der Waals surface area contributed by atoms with Gasteiger partial charge in [0.2, 0.25) is 5.91 Å². The van der Waals surface area contributed by atoms with Crippen molar-refractivity contribution in [1.29, 1.82) is 0 Å². The van der Waals surface area contributed by atoms with Gasteiger partial charge in [0.05, 0.1) is 13.5 Å². The molecule has 1 fully saturated rings. The van der Waals surface area contributed by atoms with Crippen LogP contribution >= 0.6 is 0 Å². The predicted octanol–water partition coefficient (Wildman–Crippen LogP) is 1.31. The summed E-state index contributed by atoms with van der Waals surface area (Å²) in [5.74, 6) is 1.52. The molecule has 0 radical (unpaired) electrons. The molecule has 104 valence electrons. The van der Waals surface area contributed by atoms with Crippen molar-refractivity contribution in [2.45, 2.75) is 12.8 Å². The van der Waals surface area contributed by atoms with Gasteiger partial charge in [0.1, 0.15) is 5.75 Å². The molecule has 1 aliphatic rings. The number of carbonyl (C=O) groups excluding carboxylic acids is 1. The standard InChI is InChI=1S/C15H22N2O2/c1-17-8-7-13(11-17)10-16-15(18)9-12-3-5-14(19-2)6-4-12/h3-6,13H,7-11H2,1-2H3,(H,16,18). The molecule has 1 N–H and O–H groups in total. The normalized spacial score (nSPS) is 19.4. The second-order valence-corrected chi connectivity index (χ2v) is 5.25. The van der Waals surface area contributed by atoms with E-state index in [0.29, 0.717) is 12.3 Å². The van der Waals surface area contributed by atoms with Gasteiger partial charge in [-0.3, -0.25) is 4.79 Å². The van der Waals surface area contributed by atoms with Crippen LogP contribution in [0.15, 0.2) is 24.3 Å². The summed E-state index contributed by atoms with van der Waals surface area (Å²) in [6.45, 7) is 3.02. The number of hydrogen-bond donors (Lipinski definition) is 1. The highest BCUT2D eigenvalue weighted by Gasteiger charge is 2.19. The molecule has 1 saturated heterocycles. The van der Waals surface area contributed by atoms with E-state index in [1.165, 1.54) is 6.42 Å². The molecule has 1 heterocycles. The fourth-order valence-corrected chi connectivity index (χ4v) is 2.44. The molecule has 19 heavy (non-hydrogen) atoms. The van der Waals surface area contributed by atoms with Crippen LogP contribution in [0.2, 0.25) is 0 Å². The van der Waals surface area contributed by atoms with Crippen LogP contribution in [0.25, 0.3) is 0 Å². The first-order valence-corrected chi connectivity index (χ1v) is 6.75. The lowest BCUT2D eigenvalue weighted by Gasteiger charge is -2.11. The van der Waals surface area contributed by atoms with E-state index in [0.717, 1.165) is 30.9 Å². The van der Waals surface area contributed by atoms with E-state index >= 15 is 0 Å². The van der Waals surface area contributed by atoms with Crippen molar-refractivity contribution >= 4 is 5.91 Å². The second-order valence-electron chi connectivity index (χ2n) is 5.25. The highest BCUT2D eigenvalue weighted by molar-refractivity contribution is 5.78. The molecule has 1 aliphatic heterocycles. The van der Waals surface area contributed by atoms with E-state index in [2.05, 4.69) is 17.3 Å². The summed E-state index contributed by atoms with van der Waals surface area (Å²) in [5.41, 5.74) is 1.02. The zero-order chi connectivity index (χ0) is 13.7. The number of rotatable bonds is 5. The highest BCUT2D eigenvalue weighted by atomic mass is 16.5. The Morgan fingerprint density at radius 3 is 2.74 bits per heavy atom.